The van der Waals surface area contributed by atoms with E-state index in [-0.39, 0.29) is 5.91 Å². The summed E-state index contributed by atoms with van der Waals surface area (Å²) in [6, 6.07) is 21.5. The minimum atomic E-state index is -0.116. The lowest BCUT2D eigenvalue weighted by molar-refractivity contribution is 0.0951. The van der Waals surface area contributed by atoms with E-state index in [2.05, 4.69) is 34.3 Å². The molecule has 0 unspecified atom stereocenters. The van der Waals surface area contributed by atoms with Crippen molar-refractivity contribution in [2.75, 3.05) is 18.6 Å². The van der Waals surface area contributed by atoms with Gasteiger partial charge in [0.05, 0.1) is 7.11 Å². The van der Waals surface area contributed by atoms with Crippen molar-refractivity contribution in [1.29, 1.82) is 0 Å². The largest absolute Gasteiger partial charge is 0.497 e. The van der Waals surface area contributed by atoms with Crippen LogP contribution >= 0.6 is 0 Å². The van der Waals surface area contributed by atoms with E-state index < -0.39 is 0 Å². The second kappa shape index (κ2) is 9.55. The van der Waals surface area contributed by atoms with Gasteiger partial charge in [-0.3, -0.25) is 4.79 Å². The Hall–Kier alpha value is -3.34. The first-order valence-corrected chi connectivity index (χ1v) is 9.35. The van der Waals surface area contributed by atoms with Crippen molar-refractivity contribution in [3.05, 3.63) is 89.6 Å². The minimum absolute atomic E-state index is 0.116. The molecule has 1 amide bonds. The van der Waals surface area contributed by atoms with Crippen LogP contribution in [0.2, 0.25) is 0 Å². The number of amides is 1. The summed E-state index contributed by atoms with van der Waals surface area (Å²) in [4.78, 5) is 19.2. The number of nitrogens with zero attached hydrogens (tertiary/aromatic N) is 2. The lowest BCUT2D eigenvalue weighted by Crippen LogP contribution is -2.25. The average Bonchev–Trinajstić information content (AvgIpc) is 2.77. The molecule has 144 valence electrons. The fourth-order valence-electron chi connectivity index (χ4n) is 2.92. The first kappa shape index (κ1) is 19.4. The van der Waals surface area contributed by atoms with Crippen LogP contribution in [0.4, 0.5) is 5.82 Å². The highest BCUT2D eigenvalue weighted by Crippen LogP contribution is 2.16. The zero-order valence-corrected chi connectivity index (χ0v) is 16.3. The number of methoxy groups -OCH3 is 1. The molecule has 3 aromatic rings. The Kier molecular flexibility index (Phi) is 6.63. The first-order chi connectivity index (χ1) is 13.7. The van der Waals surface area contributed by atoms with Gasteiger partial charge in [-0.15, -0.1) is 0 Å². The summed E-state index contributed by atoms with van der Waals surface area (Å²) in [7, 11) is 1.63. The molecule has 2 aromatic carbocycles. The Balaban J connectivity index is 1.66. The van der Waals surface area contributed by atoms with Crippen LogP contribution in [-0.2, 0) is 13.1 Å². The molecule has 3 rings (SSSR count). The predicted molar refractivity (Wildman–Crippen MR) is 112 cm³/mol. The SMILES string of the molecule is CCN(Cc1ccccc1)c1cc(C(=O)NCc2ccc(OC)cc2)ccn1. The van der Waals surface area contributed by atoms with Crippen LogP contribution in [0.25, 0.3) is 0 Å². The third kappa shape index (κ3) is 5.10. The fraction of sp³-hybridized carbons (Fsp3) is 0.217. The van der Waals surface area contributed by atoms with Crippen LogP contribution in [0.3, 0.4) is 0 Å². The number of benzene rings is 2. The van der Waals surface area contributed by atoms with Gasteiger partial charge in [0, 0.05) is 31.4 Å². The molecule has 0 bridgehead atoms. The molecule has 1 heterocycles. The number of carbonyl (C=O) groups is 1. The fourth-order valence-corrected chi connectivity index (χ4v) is 2.92. The number of aromatic nitrogens is 1. The van der Waals surface area contributed by atoms with Gasteiger partial charge in [0.25, 0.3) is 5.91 Å². The van der Waals surface area contributed by atoms with Crippen LogP contribution in [0.15, 0.2) is 72.9 Å². The molecule has 5 nitrogen and oxygen atoms in total. The number of nitrogens with one attached hydrogen (secondary N) is 1. The van der Waals surface area contributed by atoms with Gasteiger partial charge in [-0.05, 0) is 42.3 Å². The number of carbonyl (C=O) groups excluding carboxylic acids is 1. The molecule has 0 saturated heterocycles. The van der Waals surface area contributed by atoms with E-state index in [1.165, 1.54) is 5.56 Å². The molecule has 0 radical (unpaired) electrons. The average molecular weight is 375 g/mol. The highest BCUT2D eigenvalue weighted by molar-refractivity contribution is 5.94. The van der Waals surface area contributed by atoms with Gasteiger partial charge < -0.3 is 15.0 Å². The van der Waals surface area contributed by atoms with Crippen molar-refractivity contribution in [2.24, 2.45) is 0 Å². The smallest absolute Gasteiger partial charge is 0.251 e. The highest BCUT2D eigenvalue weighted by atomic mass is 16.5. The van der Waals surface area contributed by atoms with Crippen LogP contribution in [0.1, 0.15) is 28.4 Å². The maximum absolute atomic E-state index is 12.6. The normalized spacial score (nSPS) is 10.4. The van der Waals surface area contributed by atoms with E-state index in [0.717, 1.165) is 30.2 Å². The second-order valence-corrected chi connectivity index (χ2v) is 6.43. The Labute approximate surface area is 166 Å². The van der Waals surface area contributed by atoms with E-state index in [4.69, 9.17) is 4.74 Å². The van der Waals surface area contributed by atoms with Crippen LogP contribution in [0, 0.1) is 0 Å². The third-order valence-corrected chi connectivity index (χ3v) is 4.54. The molecule has 0 saturated carbocycles. The molecule has 0 atom stereocenters. The molecule has 0 spiro atoms. The number of hydrogen-bond acceptors (Lipinski definition) is 4. The number of rotatable bonds is 8. The maximum atomic E-state index is 12.6. The van der Waals surface area contributed by atoms with Crippen molar-refractivity contribution in [3.63, 3.8) is 0 Å². The second-order valence-electron chi connectivity index (χ2n) is 6.43. The van der Waals surface area contributed by atoms with Gasteiger partial charge in [0.15, 0.2) is 0 Å². The van der Waals surface area contributed by atoms with E-state index in [0.29, 0.717) is 12.1 Å². The van der Waals surface area contributed by atoms with E-state index in [1.54, 1.807) is 19.4 Å². The molecule has 1 aromatic heterocycles. The first-order valence-electron chi connectivity index (χ1n) is 9.35. The molecule has 0 aliphatic carbocycles. The molecule has 28 heavy (non-hydrogen) atoms. The topological polar surface area (TPSA) is 54.5 Å². The van der Waals surface area contributed by atoms with Crippen LogP contribution in [-0.4, -0.2) is 24.5 Å². The Morgan fingerprint density at radius 2 is 1.79 bits per heavy atom. The van der Waals surface area contributed by atoms with Gasteiger partial charge in [-0.1, -0.05) is 42.5 Å². The van der Waals surface area contributed by atoms with Gasteiger partial charge in [0.2, 0.25) is 0 Å². The van der Waals surface area contributed by atoms with Gasteiger partial charge in [0.1, 0.15) is 11.6 Å². The molecule has 5 heteroatoms. The minimum Gasteiger partial charge on any atom is -0.497 e. The van der Waals surface area contributed by atoms with E-state index in [1.807, 2.05) is 48.5 Å². The van der Waals surface area contributed by atoms with Crippen molar-refractivity contribution < 1.29 is 9.53 Å². The predicted octanol–water partition coefficient (Wildman–Crippen LogP) is 4.05. The zero-order valence-electron chi connectivity index (χ0n) is 16.3. The van der Waals surface area contributed by atoms with Crippen molar-refractivity contribution >= 4 is 11.7 Å². The van der Waals surface area contributed by atoms with Crippen LogP contribution in [0.5, 0.6) is 5.75 Å². The van der Waals surface area contributed by atoms with Crippen molar-refractivity contribution in [3.8, 4) is 5.75 Å². The molecular weight excluding hydrogens is 350 g/mol. The summed E-state index contributed by atoms with van der Waals surface area (Å²) in [5.41, 5.74) is 2.83. The standard InChI is InChI=1S/C23H25N3O2/c1-3-26(17-19-7-5-4-6-8-19)22-15-20(13-14-24-22)23(27)25-16-18-9-11-21(28-2)12-10-18/h4-15H,3,16-17H2,1-2H3,(H,25,27). The summed E-state index contributed by atoms with van der Waals surface area (Å²) in [5, 5.41) is 2.96. The quantitative estimate of drug-likeness (QED) is 0.645. The zero-order chi connectivity index (χ0) is 19.8. The summed E-state index contributed by atoms with van der Waals surface area (Å²) in [5.74, 6) is 1.48. The Morgan fingerprint density at radius 3 is 2.46 bits per heavy atom. The summed E-state index contributed by atoms with van der Waals surface area (Å²) in [6.07, 6.45) is 1.69. The van der Waals surface area contributed by atoms with Crippen molar-refractivity contribution in [2.45, 2.75) is 20.0 Å². The Bertz CT molecular complexity index is 895. The lowest BCUT2D eigenvalue weighted by atomic mass is 10.2. The summed E-state index contributed by atoms with van der Waals surface area (Å²) < 4.78 is 5.15. The van der Waals surface area contributed by atoms with E-state index in [9.17, 15) is 4.79 Å². The monoisotopic (exact) mass is 375 g/mol. The Morgan fingerprint density at radius 1 is 1.04 bits per heavy atom. The number of hydrogen-bond donors (Lipinski definition) is 1. The van der Waals surface area contributed by atoms with Crippen molar-refractivity contribution in [1.82, 2.24) is 10.3 Å². The molecule has 0 aliphatic rings. The molecule has 1 N–H and O–H groups in total. The number of anilines is 1. The van der Waals surface area contributed by atoms with E-state index >= 15 is 0 Å². The van der Waals surface area contributed by atoms with Gasteiger partial charge in [-0.25, -0.2) is 4.98 Å². The van der Waals surface area contributed by atoms with Crippen LogP contribution < -0.4 is 15.0 Å². The molecular formula is C23H25N3O2. The van der Waals surface area contributed by atoms with Gasteiger partial charge >= 0.3 is 0 Å². The number of pyridine rings is 1. The summed E-state index contributed by atoms with van der Waals surface area (Å²) >= 11 is 0. The third-order valence-electron chi connectivity index (χ3n) is 4.54. The molecule has 0 aliphatic heterocycles. The number of ether oxygens (including phenoxy) is 1. The van der Waals surface area contributed by atoms with Gasteiger partial charge in [-0.2, -0.15) is 0 Å². The molecule has 0 fully saturated rings. The lowest BCUT2D eigenvalue weighted by Gasteiger charge is -2.22. The summed E-state index contributed by atoms with van der Waals surface area (Å²) in [6.45, 7) is 4.10. The highest BCUT2D eigenvalue weighted by Gasteiger charge is 2.11. The maximum Gasteiger partial charge on any atom is 0.251 e.